The van der Waals surface area contributed by atoms with Gasteiger partial charge in [-0.15, -0.1) is 0 Å². The predicted octanol–water partition coefficient (Wildman–Crippen LogP) is 2.96. The Morgan fingerprint density at radius 3 is 2.26 bits per heavy atom. The van der Waals surface area contributed by atoms with Crippen molar-refractivity contribution in [2.75, 3.05) is 7.05 Å². The minimum atomic E-state index is 0.202. The second kappa shape index (κ2) is 5.17. The van der Waals surface area contributed by atoms with E-state index >= 15 is 0 Å². The van der Waals surface area contributed by atoms with Gasteiger partial charge in [-0.25, -0.2) is 0 Å². The Bertz CT molecular complexity index is 596. The van der Waals surface area contributed by atoms with Crippen LogP contribution in [0.4, 0.5) is 0 Å². The summed E-state index contributed by atoms with van der Waals surface area (Å²) in [4.78, 5) is 0. The van der Waals surface area contributed by atoms with Gasteiger partial charge in [-0.2, -0.15) is 5.10 Å². The maximum Gasteiger partial charge on any atom is 0.0647 e. The molecule has 1 unspecified atom stereocenters. The molecule has 0 saturated heterocycles. The van der Waals surface area contributed by atoms with Crippen molar-refractivity contribution in [1.82, 2.24) is 15.1 Å². The Morgan fingerprint density at radius 1 is 1.11 bits per heavy atom. The first kappa shape index (κ1) is 13.8. The molecular weight excluding hydrogens is 234 g/mol. The molecule has 0 aliphatic heterocycles. The van der Waals surface area contributed by atoms with Crippen LogP contribution in [0.2, 0.25) is 0 Å². The number of nitrogens with zero attached hydrogens (tertiary/aromatic N) is 2. The van der Waals surface area contributed by atoms with Crippen LogP contribution < -0.4 is 5.32 Å². The van der Waals surface area contributed by atoms with Crippen molar-refractivity contribution < 1.29 is 0 Å². The van der Waals surface area contributed by atoms with Crippen molar-refractivity contribution in [3.05, 3.63) is 51.8 Å². The van der Waals surface area contributed by atoms with Gasteiger partial charge < -0.3 is 5.32 Å². The summed E-state index contributed by atoms with van der Waals surface area (Å²) in [6.45, 7) is 8.51. The van der Waals surface area contributed by atoms with Gasteiger partial charge in [-0.1, -0.05) is 18.2 Å². The molecule has 0 amide bonds. The summed E-state index contributed by atoms with van der Waals surface area (Å²) in [5, 5.41) is 7.94. The summed E-state index contributed by atoms with van der Waals surface area (Å²) in [5.74, 6) is 0. The lowest BCUT2D eigenvalue weighted by atomic mass is 9.94. The molecular formula is C16H23N3. The van der Waals surface area contributed by atoms with Gasteiger partial charge >= 0.3 is 0 Å². The Labute approximate surface area is 115 Å². The van der Waals surface area contributed by atoms with Crippen molar-refractivity contribution in [2.45, 2.75) is 33.7 Å². The smallest absolute Gasteiger partial charge is 0.0647 e. The maximum atomic E-state index is 4.52. The van der Waals surface area contributed by atoms with E-state index < -0.39 is 0 Å². The molecule has 0 spiro atoms. The molecule has 1 aromatic carbocycles. The Morgan fingerprint density at radius 2 is 1.79 bits per heavy atom. The monoisotopic (exact) mass is 257 g/mol. The van der Waals surface area contributed by atoms with Crippen LogP contribution in [0.1, 0.15) is 39.7 Å². The zero-order valence-electron chi connectivity index (χ0n) is 12.7. The minimum Gasteiger partial charge on any atom is -0.309 e. The highest BCUT2D eigenvalue weighted by Crippen LogP contribution is 2.28. The average Bonchev–Trinajstić information content (AvgIpc) is 2.61. The third kappa shape index (κ3) is 2.43. The minimum absolute atomic E-state index is 0.202. The summed E-state index contributed by atoms with van der Waals surface area (Å²) in [6, 6.07) is 6.86. The van der Waals surface area contributed by atoms with Crippen LogP contribution in [0.25, 0.3) is 0 Å². The van der Waals surface area contributed by atoms with Crippen molar-refractivity contribution in [2.24, 2.45) is 7.05 Å². The van der Waals surface area contributed by atoms with Gasteiger partial charge in [0.25, 0.3) is 0 Å². The molecule has 0 aliphatic rings. The van der Waals surface area contributed by atoms with Crippen molar-refractivity contribution in [3.63, 3.8) is 0 Å². The van der Waals surface area contributed by atoms with Crippen LogP contribution in [0.5, 0.6) is 0 Å². The van der Waals surface area contributed by atoms with Gasteiger partial charge in [-0.3, -0.25) is 4.68 Å². The van der Waals surface area contributed by atoms with E-state index in [9.17, 15) is 0 Å². The quantitative estimate of drug-likeness (QED) is 0.916. The second-order valence-electron chi connectivity index (χ2n) is 5.27. The van der Waals surface area contributed by atoms with Crippen LogP contribution in [0.3, 0.4) is 0 Å². The first-order chi connectivity index (χ1) is 8.95. The van der Waals surface area contributed by atoms with Crippen LogP contribution >= 0.6 is 0 Å². The molecule has 1 atom stereocenters. The van der Waals surface area contributed by atoms with Gasteiger partial charge in [0.2, 0.25) is 0 Å². The lowest BCUT2D eigenvalue weighted by Gasteiger charge is -2.19. The zero-order valence-corrected chi connectivity index (χ0v) is 12.7. The highest BCUT2D eigenvalue weighted by Gasteiger charge is 2.20. The normalized spacial score (nSPS) is 12.7. The fraction of sp³-hybridized carbons (Fsp3) is 0.438. The van der Waals surface area contributed by atoms with E-state index in [4.69, 9.17) is 0 Å². The molecule has 0 saturated carbocycles. The molecule has 102 valence electrons. The highest BCUT2D eigenvalue weighted by atomic mass is 15.3. The molecule has 1 heterocycles. The molecule has 3 nitrogen and oxygen atoms in total. The second-order valence-corrected chi connectivity index (χ2v) is 5.27. The number of aryl methyl sites for hydroxylation is 4. The first-order valence-electron chi connectivity index (χ1n) is 6.70. The largest absolute Gasteiger partial charge is 0.309 e. The van der Waals surface area contributed by atoms with Crippen molar-refractivity contribution in [3.8, 4) is 0 Å². The number of aromatic nitrogens is 2. The van der Waals surface area contributed by atoms with Gasteiger partial charge in [0.15, 0.2) is 0 Å². The summed E-state index contributed by atoms with van der Waals surface area (Å²) in [5.41, 5.74) is 7.56. The van der Waals surface area contributed by atoms with Gasteiger partial charge in [0.1, 0.15) is 0 Å². The molecule has 1 N–H and O–H groups in total. The van der Waals surface area contributed by atoms with E-state index in [0.717, 1.165) is 5.69 Å². The Balaban J connectivity index is 2.52. The van der Waals surface area contributed by atoms with Crippen LogP contribution in [0.15, 0.2) is 18.2 Å². The lowest BCUT2D eigenvalue weighted by Crippen LogP contribution is -2.19. The molecule has 3 heteroatoms. The fourth-order valence-corrected chi connectivity index (χ4v) is 2.63. The topological polar surface area (TPSA) is 29.9 Å². The summed E-state index contributed by atoms with van der Waals surface area (Å²) >= 11 is 0. The molecule has 2 rings (SSSR count). The molecule has 0 fully saturated rings. The predicted molar refractivity (Wildman–Crippen MR) is 79.5 cm³/mol. The number of hydrogen-bond donors (Lipinski definition) is 1. The third-order valence-electron chi connectivity index (χ3n) is 4.01. The SMILES string of the molecule is CNC(c1ccc(C)c(C)c1)c1c(C)nn(C)c1C. The molecule has 2 aromatic rings. The average molecular weight is 257 g/mol. The van der Waals surface area contributed by atoms with Crippen LogP contribution in [-0.2, 0) is 7.05 Å². The van der Waals surface area contributed by atoms with Crippen molar-refractivity contribution >= 4 is 0 Å². The van der Waals surface area contributed by atoms with Crippen molar-refractivity contribution in [1.29, 1.82) is 0 Å². The van der Waals surface area contributed by atoms with E-state index in [2.05, 4.69) is 56.3 Å². The molecule has 0 bridgehead atoms. The van der Waals surface area contributed by atoms with Gasteiger partial charge in [0.05, 0.1) is 11.7 Å². The highest BCUT2D eigenvalue weighted by molar-refractivity contribution is 5.40. The lowest BCUT2D eigenvalue weighted by molar-refractivity contribution is 0.677. The number of nitrogens with one attached hydrogen (secondary N) is 1. The third-order valence-corrected chi connectivity index (χ3v) is 4.01. The fourth-order valence-electron chi connectivity index (χ4n) is 2.63. The van der Waals surface area contributed by atoms with E-state index in [1.807, 2.05) is 18.8 Å². The summed E-state index contributed by atoms with van der Waals surface area (Å²) < 4.78 is 1.95. The van der Waals surface area contributed by atoms with Crippen LogP contribution in [-0.4, -0.2) is 16.8 Å². The number of hydrogen-bond acceptors (Lipinski definition) is 2. The molecule has 0 radical (unpaired) electrons. The zero-order chi connectivity index (χ0) is 14.2. The van der Waals surface area contributed by atoms with E-state index in [0.29, 0.717) is 0 Å². The molecule has 19 heavy (non-hydrogen) atoms. The summed E-state index contributed by atoms with van der Waals surface area (Å²) in [6.07, 6.45) is 0. The molecule has 0 aliphatic carbocycles. The van der Waals surface area contributed by atoms with Crippen LogP contribution in [0, 0.1) is 27.7 Å². The molecule has 1 aromatic heterocycles. The number of rotatable bonds is 3. The number of benzene rings is 1. The van der Waals surface area contributed by atoms with E-state index in [1.54, 1.807) is 0 Å². The van der Waals surface area contributed by atoms with E-state index in [1.165, 1.54) is 27.9 Å². The Kier molecular flexibility index (Phi) is 3.76. The first-order valence-corrected chi connectivity index (χ1v) is 6.70. The van der Waals surface area contributed by atoms with Gasteiger partial charge in [0, 0.05) is 18.3 Å². The standard InChI is InChI=1S/C16H23N3/c1-10-7-8-14(9-11(10)2)16(17-5)15-12(3)18-19(6)13(15)4/h7-9,16-17H,1-6H3. The Hall–Kier alpha value is -1.61. The van der Waals surface area contributed by atoms with E-state index in [-0.39, 0.29) is 6.04 Å². The maximum absolute atomic E-state index is 4.52. The van der Waals surface area contributed by atoms with Gasteiger partial charge in [-0.05, 0) is 51.4 Å². The summed E-state index contributed by atoms with van der Waals surface area (Å²) in [7, 11) is 4.00.